The fourth-order valence-corrected chi connectivity index (χ4v) is 6.49. The molecule has 3 aliphatic rings. The lowest BCUT2D eigenvalue weighted by Crippen LogP contribution is -2.56. The molecule has 3 rings (SSSR count). The number of hydrogen-bond acceptors (Lipinski definition) is 3. The minimum Gasteiger partial charge on any atom is -0.412 e. The van der Waals surface area contributed by atoms with E-state index in [0.29, 0.717) is 64.2 Å². The van der Waals surface area contributed by atoms with Crippen LogP contribution < -0.4 is 5.32 Å². The zero-order valence-electron chi connectivity index (χ0n) is 24.1. The number of carbonyl (C=O) groups is 2. The first-order valence-corrected chi connectivity index (χ1v) is 15.1. The van der Waals surface area contributed by atoms with Crippen LogP contribution in [0.4, 0.5) is 22.0 Å². The maximum Gasteiger partial charge on any atom is 0.255 e. The van der Waals surface area contributed by atoms with E-state index in [-0.39, 0.29) is 44.2 Å². The molecule has 0 bridgehead atoms. The average molecular weight is 589 g/mol. The first kappa shape index (κ1) is 36.5. The van der Waals surface area contributed by atoms with E-state index in [1.807, 2.05) is 13.8 Å². The second-order valence-corrected chi connectivity index (χ2v) is 11.5. The second-order valence-electron chi connectivity index (χ2n) is 11.5. The molecule has 11 heteroatoms. The van der Waals surface area contributed by atoms with Gasteiger partial charge in [-0.15, -0.1) is 0 Å². The molecule has 4 N–H and O–H groups in total. The van der Waals surface area contributed by atoms with Gasteiger partial charge >= 0.3 is 0 Å². The Balaban J connectivity index is 0.00000391. The number of halogens is 5. The third-order valence-corrected chi connectivity index (χ3v) is 8.74. The van der Waals surface area contributed by atoms with Gasteiger partial charge in [0.15, 0.2) is 0 Å². The summed E-state index contributed by atoms with van der Waals surface area (Å²) in [4.78, 5) is 27.7. The fourth-order valence-electron chi connectivity index (χ4n) is 6.49. The van der Waals surface area contributed by atoms with E-state index in [0.717, 1.165) is 17.7 Å². The van der Waals surface area contributed by atoms with Gasteiger partial charge in [-0.05, 0) is 94.8 Å². The van der Waals surface area contributed by atoms with Crippen LogP contribution in [0.25, 0.3) is 0 Å². The molecule has 40 heavy (non-hydrogen) atoms. The lowest BCUT2D eigenvalue weighted by Gasteiger charge is -2.40. The monoisotopic (exact) mass is 588 g/mol. The molecule has 0 spiro atoms. The molecule has 3 unspecified atom stereocenters. The van der Waals surface area contributed by atoms with Crippen molar-refractivity contribution in [2.75, 3.05) is 13.1 Å². The summed E-state index contributed by atoms with van der Waals surface area (Å²) in [7, 11) is 0. The Morgan fingerprint density at radius 3 is 2.05 bits per heavy atom. The van der Waals surface area contributed by atoms with Crippen molar-refractivity contribution in [2.24, 2.45) is 23.7 Å². The molecule has 2 amide bonds. The summed E-state index contributed by atoms with van der Waals surface area (Å²) in [6, 6.07) is -1.23. The van der Waals surface area contributed by atoms with Crippen LogP contribution in [0, 0.1) is 23.7 Å². The van der Waals surface area contributed by atoms with Crippen LogP contribution in [-0.2, 0) is 9.59 Å². The molecular weight excluding hydrogens is 535 g/mol. The number of aliphatic hydroxyl groups is 1. The predicted octanol–water partition coefficient (Wildman–Crippen LogP) is 5.94. The highest BCUT2D eigenvalue weighted by Crippen LogP contribution is 2.37. The van der Waals surface area contributed by atoms with Gasteiger partial charge in [-0.25, -0.2) is 22.0 Å². The summed E-state index contributed by atoms with van der Waals surface area (Å²) in [5.74, 6) is -2.40. The molecule has 3 saturated carbocycles. The number of nitrogens with one attached hydrogen (secondary N) is 1. The number of aliphatic hydroxyl groups excluding tert-OH is 1. The standard InChI is InChI=1S/C27H43F5N2O3.C2H6.H2O.H2/c28-21-9-4-18(5-10-21)15-33-27(37)25(19-2-1-3-20(14-19)26(31)32)34(16-23(29)30)24(36)13-8-17-6-11-22(35)12-7-17;1-2;;/h17-23,25-26,35H,1-16H2,(H,33,37);1-2H3;1H2;1H. The third kappa shape index (κ3) is 11.8. The van der Waals surface area contributed by atoms with Crippen LogP contribution in [0.5, 0.6) is 0 Å². The first-order chi connectivity index (χ1) is 18.6. The Labute approximate surface area is 237 Å². The summed E-state index contributed by atoms with van der Waals surface area (Å²) in [6.45, 7) is 3.34. The fraction of sp³-hybridized carbons (Fsp3) is 0.931. The minimum atomic E-state index is -2.86. The molecule has 238 valence electrons. The van der Waals surface area contributed by atoms with Gasteiger partial charge in [0.25, 0.3) is 6.43 Å². The molecule has 3 aliphatic carbocycles. The normalized spacial score (nSPS) is 29.6. The van der Waals surface area contributed by atoms with Crippen molar-refractivity contribution < 1.29 is 43.6 Å². The molecule has 0 aromatic rings. The van der Waals surface area contributed by atoms with Crippen LogP contribution in [0.1, 0.15) is 105 Å². The Kier molecular flexibility index (Phi) is 17.2. The van der Waals surface area contributed by atoms with Gasteiger partial charge in [-0.1, -0.05) is 20.3 Å². The van der Waals surface area contributed by atoms with Gasteiger partial charge < -0.3 is 20.8 Å². The lowest BCUT2D eigenvalue weighted by molar-refractivity contribution is -0.146. The topological polar surface area (TPSA) is 101 Å². The van der Waals surface area contributed by atoms with Gasteiger partial charge in [0.1, 0.15) is 12.2 Å². The van der Waals surface area contributed by atoms with Crippen molar-refractivity contribution in [3.8, 4) is 0 Å². The molecule has 3 atom stereocenters. The quantitative estimate of drug-likeness (QED) is 0.292. The summed E-state index contributed by atoms with van der Waals surface area (Å²) >= 11 is 0. The van der Waals surface area contributed by atoms with Crippen molar-refractivity contribution >= 4 is 11.8 Å². The molecule has 6 nitrogen and oxygen atoms in total. The molecule has 0 aromatic heterocycles. The zero-order chi connectivity index (χ0) is 28.9. The Morgan fingerprint density at radius 2 is 1.48 bits per heavy atom. The van der Waals surface area contributed by atoms with Gasteiger partial charge in [-0.3, -0.25) is 9.59 Å². The van der Waals surface area contributed by atoms with Gasteiger partial charge in [0, 0.05) is 20.3 Å². The number of alkyl halides is 5. The highest BCUT2D eigenvalue weighted by atomic mass is 19.3. The molecular formula is C29H53F5N2O4. The molecule has 0 radical (unpaired) electrons. The highest BCUT2D eigenvalue weighted by molar-refractivity contribution is 5.88. The van der Waals surface area contributed by atoms with E-state index in [2.05, 4.69) is 5.32 Å². The zero-order valence-corrected chi connectivity index (χ0v) is 24.1. The van der Waals surface area contributed by atoms with E-state index in [1.165, 1.54) is 0 Å². The van der Waals surface area contributed by atoms with E-state index in [4.69, 9.17) is 0 Å². The van der Waals surface area contributed by atoms with Crippen molar-refractivity contribution in [1.82, 2.24) is 10.2 Å². The number of amides is 2. The van der Waals surface area contributed by atoms with Crippen molar-refractivity contribution in [1.29, 1.82) is 0 Å². The number of carbonyl (C=O) groups excluding carboxylic acids is 2. The first-order valence-electron chi connectivity index (χ1n) is 15.1. The second kappa shape index (κ2) is 18.8. The largest absolute Gasteiger partial charge is 0.412 e. The van der Waals surface area contributed by atoms with E-state index >= 15 is 0 Å². The average Bonchev–Trinajstić information content (AvgIpc) is 2.93. The number of rotatable bonds is 11. The van der Waals surface area contributed by atoms with Crippen LogP contribution in [0.15, 0.2) is 0 Å². The summed E-state index contributed by atoms with van der Waals surface area (Å²) in [5.41, 5.74) is 0. The molecule has 3 fully saturated rings. The van der Waals surface area contributed by atoms with Crippen LogP contribution >= 0.6 is 0 Å². The maximum atomic E-state index is 13.7. The van der Waals surface area contributed by atoms with Crippen molar-refractivity contribution in [3.05, 3.63) is 0 Å². The van der Waals surface area contributed by atoms with Crippen molar-refractivity contribution in [2.45, 2.75) is 135 Å². The van der Waals surface area contributed by atoms with Crippen LogP contribution in [0.2, 0.25) is 0 Å². The summed E-state index contributed by atoms with van der Waals surface area (Å²) < 4.78 is 68.0. The molecule has 0 aliphatic heterocycles. The highest BCUT2D eigenvalue weighted by Gasteiger charge is 2.41. The molecule has 0 aromatic carbocycles. The Bertz CT molecular complexity index is 723. The van der Waals surface area contributed by atoms with Gasteiger partial charge in [-0.2, -0.15) is 0 Å². The van der Waals surface area contributed by atoms with E-state index in [9.17, 15) is 36.6 Å². The van der Waals surface area contributed by atoms with Gasteiger partial charge in [0.2, 0.25) is 18.2 Å². The summed E-state index contributed by atoms with van der Waals surface area (Å²) in [5, 5.41) is 12.5. The predicted molar refractivity (Wildman–Crippen MR) is 147 cm³/mol. The summed E-state index contributed by atoms with van der Waals surface area (Å²) in [6.07, 6.45) is -0.0948. The Hall–Kier alpha value is -1.49. The van der Waals surface area contributed by atoms with Crippen LogP contribution in [0.3, 0.4) is 0 Å². The Morgan fingerprint density at radius 1 is 0.900 bits per heavy atom. The SMILES string of the molecule is CC.O.O=C(NCC1CCC(F)CC1)C(C1CCCC(C(F)F)C1)N(CC(F)F)C(=O)CCC1CCC(O)CC1.[HH]. The number of nitrogens with zero attached hydrogens (tertiary/aromatic N) is 1. The minimum absolute atomic E-state index is 0. The maximum absolute atomic E-state index is 13.7. The third-order valence-electron chi connectivity index (χ3n) is 8.74. The van der Waals surface area contributed by atoms with Crippen LogP contribution in [-0.4, -0.2) is 71.6 Å². The lowest BCUT2D eigenvalue weighted by atomic mass is 9.76. The van der Waals surface area contributed by atoms with E-state index < -0.39 is 55.3 Å². The smallest absolute Gasteiger partial charge is 0.255 e. The van der Waals surface area contributed by atoms with Gasteiger partial charge in [0.05, 0.1) is 12.6 Å². The molecule has 0 saturated heterocycles. The molecule has 0 heterocycles. The van der Waals surface area contributed by atoms with E-state index in [1.54, 1.807) is 0 Å². The number of hydrogen-bond donors (Lipinski definition) is 2. The van der Waals surface area contributed by atoms with Crippen molar-refractivity contribution in [3.63, 3.8) is 0 Å².